The van der Waals surface area contributed by atoms with Crippen molar-refractivity contribution in [3.63, 3.8) is 0 Å². The van der Waals surface area contributed by atoms with Crippen LogP contribution in [0.25, 0.3) is 10.9 Å². The van der Waals surface area contributed by atoms with Crippen molar-refractivity contribution in [2.45, 2.75) is 20.8 Å². The first-order chi connectivity index (χ1) is 12.4. The highest BCUT2D eigenvalue weighted by Gasteiger charge is 2.19. The van der Waals surface area contributed by atoms with E-state index in [1.807, 2.05) is 39.0 Å². The summed E-state index contributed by atoms with van der Waals surface area (Å²) in [4.78, 5) is 24.7. The minimum Gasteiger partial charge on any atom is -0.483 e. The molecule has 3 aromatic rings. The van der Waals surface area contributed by atoms with Crippen LogP contribution in [0.1, 0.15) is 31.8 Å². The van der Waals surface area contributed by atoms with Crippen LogP contribution in [0.5, 0.6) is 5.75 Å². The van der Waals surface area contributed by atoms with Crippen LogP contribution in [0.4, 0.5) is 0 Å². The molecule has 0 amide bonds. The number of para-hydroxylation sites is 1. The topological polar surface area (TPSA) is 57.5 Å². The molecule has 3 rings (SSSR count). The van der Waals surface area contributed by atoms with E-state index in [9.17, 15) is 9.59 Å². The van der Waals surface area contributed by atoms with Gasteiger partial charge in [0.1, 0.15) is 5.75 Å². The van der Waals surface area contributed by atoms with E-state index in [1.165, 1.54) is 17.9 Å². The molecule has 26 heavy (non-hydrogen) atoms. The summed E-state index contributed by atoms with van der Waals surface area (Å²) in [6.45, 7) is 5.85. The number of esters is 1. The molecule has 0 unspecified atom stereocenters. The van der Waals surface area contributed by atoms with Gasteiger partial charge >= 0.3 is 5.97 Å². The largest absolute Gasteiger partial charge is 0.483 e. The van der Waals surface area contributed by atoms with Gasteiger partial charge in [0.25, 0.3) is 5.91 Å². The highest BCUT2D eigenvalue weighted by molar-refractivity contribution is 6.07. The van der Waals surface area contributed by atoms with Crippen LogP contribution in [0.15, 0.2) is 42.6 Å². The molecule has 134 valence electrons. The van der Waals surface area contributed by atoms with Crippen LogP contribution in [-0.4, -0.2) is 30.2 Å². The summed E-state index contributed by atoms with van der Waals surface area (Å²) in [5.41, 5.74) is 4.22. The van der Waals surface area contributed by atoms with E-state index in [4.69, 9.17) is 9.47 Å². The van der Waals surface area contributed by atoms with Gasteiger partial charge in [-0.2, -0.15) is 0 Å². The van der Waals surface area contributed by atoms with Gasteiger partial charge in [-0.15, -0.1) is 0 Å². The molecule has 0 saturated carbocycles. The van der Waals surface area contributed by atoms with Gasteiger partial charge in [-0.05, 0) is 49.6 Å². The number of aromatic nitrogens is 1. The average Bonchev–Trinajstić information content (AvgIpc) is 3.02. The van der Waals surface area contributed by atoms with Crippen LogP contribution in [0.2, 0.25) is 0 Å². The lowest BCUT2D eigenvalue weighted by atomic mass is 10.1. The molecule has 0 radical (unpaired) electrons. The zero-order valence-corrected chi connectivity index (χ0v) is 15.3. The minimum absolute atomic E-state index is 0.122. The molecule has 5 heteroatoms. The fourth-order valence-corrected chi connectivity index (χ4v) is 3.02. The Labute approximate surface area is 152 Å². The number of rotatable bonds is 4. The summed E-state index contributed by atoms with van der Waals surface area (Å²) in [5, 5.41) is 0.676. The first kappa shape index (κ1) is 17.7. The standard InChI is InChI=1S/C21H21NO4/c1-13-9-14(2)15(3)19(10-13)26-12-20(23)22-11-17(21(24)25-4)16-7-5-6-8-18(16)22/h5-11H,12H2,1-4H3. The number of ether oxygens (including phenoxy) is 2. The van der Waals surface area contributed by atoms with Crippen molar-refractivity contribution in [2.75, 3.05) is 13.7 Å². The molecule has 0 fully saturated rings. The van der Waals surface area contributed by atoms with Crippen molar-refractivity contribution < 1.29 is 19.1 Å². The van der Waals surface area contributed by atoms with E-state index in [-0.39, 0.29) is 12.5 Å². The maximum absolute atomic E-state index is 12.7. The SMILES string of the molecule is COC(=O)c1cn(C(=O)COc2cc(C)cc(C)c2C)c2ccccc12. The van der Waals surface area contributed by atoms with Crippen molar-refractivity contribution in [1.29, 1.82) is 0 Å². The van der Waals surface area contributed by atoms with E-state index < -0.39 is 5.97 Å². The van der Waals surface area contributed by atoms with E-state index >= 15 is 0 Å². The molecule has 0 aliphatic carbocycles. The first-order valence-electron chi connectivity index (χ1n) is 8.34. The highest BCUT2D eigenvalue weighted by atomic mass is 16.5. The van der Waals surface area contributed by atoms with Crippen molar-refractivity contribution in [3.05, 3.63) is 64.8 Å². The Morgan fingerprint density at radius 2 is 1.81 bits per heavy atom. The summed E-state index contributed by atoms with van der Waals surface area (Å²) in [7, 11) is 1.32. The van der Waals surface area contributed by atoms with Crippen LogP contribution in [0, 0.1) is 20.8 Å². The Morgan fingerprint density at radius 3 is 2.54 bits per heavy atom. The zero-order chi connectivity index (χ0) is 18.8. The van der Waals surface area contributed by atoms with Crippen molar-refractivity contribution in [2.24, 2.45) is 0 Å². The summed E-state index contributed by atoms with van der Waals surface area (Å²) in [6, 6.07) is 11.2. The second-order valence-corrected chi connectivity index (χ2v) is 6.31. The third-order valence-electron chi connectivity index (χ3n) is 4.50. The number of fused-ring (bicyclic) bond motifs is 1. The van der Waals surface area contributed by atoms with Crippen LogP contribution >= 0.6 is 0 Å². The molecule has 2 aromatic carbocycles. The number of benzene rings is 2. The maximum Gasteiger partial charge on any atom is 0.340 e. The van der Waals surface area contributed by atoms with Gasteiger partial charge in [0.15, 0.2) is 6.61 Å². The molecule has 5 nitrogen and oxygen atoms in total. The second-order valence-electron chi connectivity index (χ2n) is 6.31. The average molecular weight is 351 g/mol. The molecular formula is C21H21NO4. The summed E-state index contributed by atoms with van der Waals surface area (Å²) < 4.78 is 12.0. The number of aryl methyl sites for hydroxylation is 2. The predicted octanol–water partition coefficient (Wildman–Crippen LogP) is 4.07. The summed E-state index contributed by atoms with van der Waals surface area (Å²) in [5.74, 6) is -0.0331. The minimum atomic E-state index is -0.473. The fourth-order valence-electron chi connectivity index (χ4n) is 3.02. The number of carbonyl (C=O) groups is 2. The normalized spacial score (nSPS) is 10.8. The Balaban J connectivity index is 1.90. The molecule has 0 N–H and O–H groups in total. The molecule has 0 aliphatic rings. The lowest BCUT2D eigenvalue weighted by Gasteiger charge is -2.12. The van der Waals surface area contributed by atoms with Gasteiger partial charge in [0, 0.05) is 11.6 Å². The van der Waals surface area contributed by atoms with Gasteiger partial charge in [0.2, 0.25) is 0 Å². The Morgan fingerprint density at radius 1 is 1.08 bits per heavy atom. The van der Waals surface area contributed by atoms with E-state index in [0.29, 0.717) is 22.2 Å². The molecule has 0 aliphatic heterocycles. The Kier molecular flexibility index (Phi) is 4.80. The smallest absolute Gasteiger partial charge is 0.340 e. The fraction of sp³-hybridized carbons (Fsp3) is 0.238. The zero-order valence-electron chi connectivity index (χ0n) is 15.3. The number of nitrogens with zero attached hydrogens (tertiary/aromatic N) is 1. The van der Waals surface area contributed by atoms with Crippen LogP contribution < -0.4 is 4.74 Å². The summed E-state index contributed by atoms with van der Waals surface area (Å²) in [6.07, 6.45) is 1.51. The monoisotopic (exact) mass is 351 g/mol. The maximum atomic E-state index is 12.7. The third kappa shape index (κ3) is 3.20. The van der Waals surface area contributed by atoms with Crippen LogP contribution in [0.3, 0.4) is 0 Å². The van der Waals surface area contributed by atoms with Gasteiger partial charge in [-0.25, -0.2) is 4.79 Å². The van der Waals surface area contributed by atoms with Crippen molar-refractivity contribution in [3.8, 4) is 5.75 Å². The summed E-state index contributed by atoms with van der Waals surface area (Å²) >= 11 is 0. The van der Waals surface area contributed by atoms with Crippen molar-refractivity contribution >= 4 is 22.8 Å². The number of carbonyl (C=O) groups excluding carboxylic acids is 2. The quantitative estimate of drug-likeness (QED) is 0.665. The lowest BCUT2D eigenvalue weighted by molar-refractivity contribution is 0.0603. The molecule has 0 saturated heterocycles. The molecule has 0 spiro atoms. The van der Waals surface area contributed by atoms with E-state index in [0.717, 1.165) is 16.7 Å². The van der Waals surface area contributed by atoms with Gasteiger partial charge in [0.05, 0.1) is 18.2 Å². The van der Waals surface area contributed by atoms with E-state index in [1.54, 1.807) is 12.1 Å². The molecule has 1 aromatic heterocycles. The predicted molar refractivity (Wildman–Crippen MR) is 100 cm³/mol. The number of hydrogen-bond acceptors (Lipinski definition) is 4. The highest BCUT2D eigenvalue weighted by Crippen LogP contribution is 2.25. The molecule has 1 heterocycles. The first-order valence-corrected chi connectivity index (χ1v) is 8.34. The second kappa shape index (κ2) is 7.04. The van der Waals surface area contributed by atoms with Gasteiger partial charge < -0.3 is 9.47 Å². The van der Waals surface area contributed by atoms with Gasteiger partial charge in [-0.3, -0.25) is 9.36 Å². The number of hydrogen-bond donors (Lipinski definition) is 0. The van der Waals surface area contributed by atoms with Gasteiger partial charge in [-0.1, -0.05) is 24.3 Å². The van der Waals surface area contributed by atoms with E-state index in [2.05, 4.69) is 6.07 Å². The Hall–Kier alpha value is -3.08. The number of methoxy groups -OCH3 is 1. The third-order valence-corrected chi connectivity index (χ3v) is 4.50. The Bertz CT molecular complexity index is 1000. The van der Waals surface area contributed by atoms with Crippen LogP contribution in [-0.2, 0) is 4.74 Å². The lowest BCUT2D eigenvalue weighted by Crippen LogP contribution is -2.19. The van der Waals surface area contributed by atoms with Crippen molar-refractivity contribution in [1.82, 2.24) is 4.57 Å². The molecule has 0 atom stereocenters. The molecule has 0 bridgehead atoms. The molecular weight excluding hydrogens is 330 g/mol.